The van der Waals surface area contributed by atoms with E-state index in [4.69, 9.17) is 9.47 Å². The molecule has 1 atom stereocenters. The lowest BCUT2D eigenvalue weighted by atomic mass is 9.83. The molecule has 1 aliphatic heterocycles. The topological polar surface area (TPSA) is 144 Å². The van der Waals surface area contributed by atoms with Crippen molar-refractivity contribution in [2.45, 2.75) is 58.7 Å². The van der Waals surface area contributed by atoms with Crippen molar-refractivity contribution < 1.29 is 19.4 Å². The number of anilines is 3. The summed E-state index contributed by atoms with van der Waals surface area (Å²) in [4.78, 5) is 23.5. The van der Waals surface area contributed by atoms with Crippen molar-refractivity contribution in [2.24, 2.45) is 0 Å². The average Bonchev–Trinajstić information content (AvgIpc) is 3.21. The van der Waals surface area contributed by atoms with Crippen LogP contribution in [0.15, 0.2) is 42.6 Å². The summed E-state index contributed by atoms with van der Waals surface area (Å²) in [7, 11) is 0. The molecule has 0 fully saturated rings. The standard InChI is InChI=1S/C30H32N6O4/c1-18(2)39-25-8-7-19(14-31)11-24(25)35-27-33-10-9-23(34-27)20-12-21(15-32)26-22(13-20)30(6,17-37)16-36(26)28(38)40-29(3,4)5/h7-13,18,37H,16-17H2,1-6H3,(H,33,34,35)/t30-/m1/s1. The lowest BCUT2D eigenvalue weighted by Gasteiger charge is -2.26. The number of amides is 1. The van der Waals surface area contributed by atoms with Gasteiger partial charge in [-0.25, -0.2) is 14.8 Å². The van der Waals surface area contributed by atoms with Crippen molar-refractivity contribution in [3.05, 3.63) is 59.3 Å². The van der Waals surface area contributed by atoms with Gasteiger partial charge in [0.15, 0.2) is 0 Å². The van der Waals surface area contributed by atoms with Crippen LogP contribution in [0.4, 0.5) is 22.1 Å². The minimum Gasteiger partial charge on any atom is -0.489 e. The Morgan fingerprint density at radius 3 is 2.58 bits per heavy atom. The van der Waals surface area contributed by atoms with Crippen LogP contribution in [0.3, 0.4) is 0 Å². The van der Waals surface area contributed by atoms with E-state index in [1.54, 1.807) is 57.3 Å². The smallest absolute Gasteiger partial charge is 0.414 e. The number of benzene rings is 2. The summed E-state index contributed by atoms with van der Waals surface area (Å²) in [6, 6.07) is 14.6. The maximum Gasteiger partial charge on any atom is 0.414 e. The third-order valence-corrected chi connectivity index (χ3v) is 6.29. The number of rotatable bonds is 6. The minimum absolute atomic E-state index is 0.0855. The molecule has 10 heteroatoms. The van der Waals surface area contributed by atoms with E-state index in [-0.39, 0.29) is 30.8 Å². The van der Waals surface area contributed by atoms with Gasteiger partial charge in [-0.2, -0.15) is 10.5 Å². The Kier molecular flexibility index (Phi) is 7.68. The summed E-state index contributed by atoms with van der Waals surface area (Å²) < 4.78 is 11.5. The lowest BCUT2D eigenvalue weighted by molar-refractivity contribution is 0.0575. The fourth-order valence-corrected chi connectivity index (χ4v) is 4.49. The zero-order valence-corrected chi connectivity index (χ0v) is 23.4. The van der Waals surface area contributed by atoms with E-state index >= 15 is 0 Å². The number of aliphatic hydroxyl groups is 1. The first-order valence-electron chi connectivity index (χ1n) is 12.9. The Bertz CT molecular complexity index is 1530. The molecule has 2 aromatic carbocycles. The molecule has 0 unspecified atom stereocenters. The zero-order chi connectivity index (χ0) is 29.2. The molecule has 2 N–H and O–H groups in total. The van der Waals surface area contributed by atoms with Crippen LogP contribution in [0, 0.1) is 22.7 Å². The molecule has 3 aromatic rings. The van der Waals surface area contributed by atoms with E-state index in [1.165, 1.54) is 4.90 Å². The summed E-state index contributed by atoms with van der Waals surface area (Å²) in [5.41, 5.74) is 1.93. The highest BCUT2D eigenvalue weighted by molar-refractivity contribution is 5.95. The third kappa shape index (κ3) is 5.83. The zero-order valence-electron chi connectivity index (χ0n) is 23.4. The first kappa shape index (κ1) is 28.3. The van der Waals surface area contributed by atoms with Crippen LogP contribution in [0.2, 0.25) is 0 Å². The van der Waals surface area contributed by atoms with E-state index in [0.717, 1.165) is 0 Å². The highest BCUT2D eigenvalue weighted by Crippen LogP contribution is 2.45. The van der Waals surface area contributed by atoms with Crippen molar-refractivity contribution in [3.8, 4) is 29.1 Å². The molecule has 40 heavy (non-hydrogen) atoms. The van der Waals surface area contributed by atoms with Gasteiger partial charge in [-0.05, 0) is 76.6 Å². The van der Waals surface area contributed by atoms with Crippen molar-refractivity contribution in [3.63, 3.8) is 0 Å². The van der Waals surface area contributed by atoms with E-state index in [9.17, 15) is 20.4 Å². The van der Waals surface area contributed by atoms with Gasteiger partial charge in [0.1, 0.15) is 17.4 Å². The van der Waals surface area contributed by atoms with E-state index in [1.807, 2.05) is 26.8 Å². The van der Waals surface area contributed by atoms with Crippen molar-refractivity contribution in [1.82, 2.24) is 9.97 Å². The van der Waals surface area contributed by atoms with Crippen LogP contribution in [-0.2, 0) is 10.2 Å². The van der Waals surface area contributed by atoms with Gasteiger partial charge in [0.25, 0.3) is 0 Å². The normalized spacial score (nSPS) is 16.2. The number of aliphatic hydroxyl groups excluding tert-OH is 1. The molecule has 0 saturated heterocycles. The molecule has 0 aliphatic carbocycles. The van der Waals surface area contributed by atoms with E-state index in [0.29, 0.717) is 39.5 Å². The van der Waals surface area contributed by atoms with E-state index < -0.39 is 17.1 Å². The molecule has 4 rings (SSSR count). The second-order valence-corrected chi connectivity index (χ2v) is 11.2. The highest BCUT2D eigenvalue weighted by atomic mass is 16.6. The molecule has 1 aromatic heterocycles. The molecule has 1 aliphatic rings. The summed E-state index contributed by atoms with van der Waals surface area (Å²) in [5.74, 6) is 0.814. The lowest BCUT2D eigenvalue weighted by Crippen LogP contribution is -2.40. The number of ether oxygens (including phenoxy) is 2. The van der Waals surface area contributed by atoms with Crippen LogP contribution in [0.1, 0.15) is 58.2 Å². The number of carbonyl (C=O) groups excluding carboxylic acids is 1. The number of hydrogen-bond donors (Lipinski definition) is 2. The van der Waals surface area contributed by atoms with Gasteiger partial charge in [-0.3, -0.25) is 4.90 Å². The van der Waals surface area contributed by atoms with Gasteiger partial charge < -0.3 is 19.9 Å². The highest BCUT2D eigenvalue weighted by Gasteiger charge is 2.44. The Balaban J connectivity index is 1.76. The number of nitrogens with one attached hydrogen (secondary N) is 1. The third-order valence-electron chi connectivity index (χ3n) is 6.29. The van der Waals surface area contributed by atoms with Crippen LogP contribution in [0.25, 0.3) is 11.3 Å². The monoisotopic (exact) mass is 540 g/mol. The maximum absolute atomic E-state index is 13.1. The first-order valence-corrected chi connectivity index (χ1v) is 12.9. The number of fused-ring (bicyclic) bond motifs is 1. The molecular weight excluding hydrogens is 508 g/mol. The van der Waals surface area contributed by atoms with Gasteiger partial charge in [0, 0.05) is 23.7 Å². The van der Waals surface area contributed by atoms with Crippen LogP contribution in [0.5, 0.6) is 5.75 Å². The first-order chi connectivity index (χ1) is 18.9. The van der Waals surface area contributed by atoms with Crippen molar-refractivity contribution in [2.75, 3.05) is 23.4 Å². The molecular formula is C30H32N6O4. The van der Waals surface area contributed by atoms with Gasteiger partial charge >= 0.3 is 6.09 Å². The molecule has 0 spiro atoms. The van der Waals surface area contributed by atoms with Crippen LogP contribution >= 0.6 is 0 Å². The van der Waals surface area contributed by atoms with Gasteiger partial charge in [0.2, 0.25) is 5.95 Å². The fourth-order valence-electron chi connectivity index (χ4n) is 4.49. The molecule has 2 heterocycles. The van der Waals surface area contributed by atoms with Crippen molar-refractivity contribution >= 4 is 23.4 Å². The van der Waals surface area contributed by atoms with Crippen LogP contribution < -0.4 is 15.0 Å². The predicted molar refractivity (Wildman–Crippen MR) is 150 cm³/mol. The maximum atomic E-state index is 13.1. The van der Waals surface area contributed by atoms with Gasteiger partial charge in [0.05, 0.1) is 47.0 Å². The largest absolute Gasteiger partial charge is 0.489 e. The molecule has 206 valence electrons. The number of carbonyl (C=O) groups is 1. The Morgan fingerprint density at radius 1 is 1.20 bits per heavy atom. The average molecular weight is 541 g/mol. The molecule has 0 radical (unpaired) electrons. The molecule has 0 saturated carbocycles. The number of hydrogen-bond acceptors (Lipinski definition) is 9. The number of nitriles is 2. The van der Waals surface area contributed by atoms with Crippen LogP contribution in [-0.4, -0.2) is 46.0 Å². The predicted octanol–water partition coefficient (Wildman–Crippen LogP) is 5.42. The molecule has 1 amide bonds. The SMILES string of the molecule is CC(C)Oc1ccc(C#N)cc1Nc1nccc(-c2cc(C#N)c3c(c2)[C@@](C)(CO)CN3C(=O)OC(C)(C)C)n1. The second kappa shape index (κ2) is 10.8. The summed E-state index contributed by atoms with van der Waals surface area (Å²) in [5, 5.41) is 32.9. The van der Waals surface area contributed by atoms with Gasteiger partial charge in [-0.15, -0.1) is 0 Å². The summed E-state index contributed by atoms with van der Waals surface area (Å²) in [6.45, 7) is 10.9. The Hall–Kier alpha value is -4.67. The Morgan fingerprint density at radius 2 is 1.95 bits per heavy atom. The number of aromatic nitrogens is 2. The molecule has 0 bridgehead atoms. The number of nitrogens with zero attached hydrogens (tertiary/aromatic N) is 5. The van der Waals surface area contributed by atoms with E-state index in [2.05, 4.69) is 27.4 Å². The quantitative estimate of drug-likeness (QED) is 0.418. The molecule has 10 nitrogen and oxygen atoms in total. The second-order valence-electron chi connectivity index (χ2n) is 11.2. The van der Waals surface area contributed by atoms with Gasteiger partial charge in [-0.1, -0.05) is 6.92 Å². The minimum atomic E-state index is -0.817. The Labute approximate surface area is 233 Å². The fraction of sp³-hybridized carbons (Fsp3) is 0.367. The summed E-state index contributed by atoms with van der Waals surface area (Å²) >= 11 is 0. The van der Waals surface area contributed by atoms with Crippen molar-refractivity contribution in [1.29, 1.82) is 10.5 Å². The summed E-state index contributed by atoms with van der Waals surface area (Å²) in [6.07, 6.45) is 0.916.